The van der Waals surface area contributed by atoms with E-state index >= 15 is 0 Å². The van der Waals surface area contributed by atoms with E-state index in [1.807, 2.05) is 41.8 Å². The number of nitrogens with zero attached hydrogens (tertiary/aromatic N) is 3. The van der Waals surface area contributed by atoms with Crippen LogP contribution in [0.5, 0.6) is 0 Å². The lowest BCUT2D eigenvalue weighted by Gasteiger charge is -2.09. The van der Waals surface area contributed by atoms with Gasteiger partial charge in [0.05, 0.1) is 11.4 Å². The second-order valence-corrected chi connectivity index (χ2v) is 3.96. The summed E-state index contributed by atoms with van der Waals surface area (Å²) in [6, 6.07) is 7.82. The van der Waals surface area contributed by atoms with Gasteiger partial charge in [0.1, 0.15) is 11.3 Å². The fourth-order valence-electron chi connectivity index (χ4n) is 1.91. The first-order valence-corrected chi connectivity index (χ1v) is 5.41. The van der Waals surface area contributed by atoms with Gasteiger partial charge in [-0.05, 0) is 30.7 Å². The molecule has 3 aromatic heterocycles. The smallest absolute Gasteiger partial charge is 0.137 e. The van der Waals surface area contributed by atoms with Crippen LogP contribution < -0.4 is 5.73 Å². The van der Waals surface area contributed by atoms with Crippen LogP contribution in [0.15, 0.2) is 42.9 Å². The zero-order valence-corrected chi connectivity index (χ0v) is 9.46. The van der Waals surface area contributed by atoms with Crippen LogP contribution in [-0.2, 0) is 0 Å². The van der Waals surface area contributed by atoms with Gasteiger partial charge in [0, 0.05) is 18.6 Å². The largest absolute Gasteiger partial charge is 0.397 e. The molecule has 0 saturated heterocycles. The highest BCUT2D eigenvalue weighted by molar-refractivity contribution is 5.73. The van der Waals surface area contributed by atoms with Crippen LogP contribution in [0.4, 0.5) is 5.69 Å². The number of nitrogen functional groups attached to an aromatic ring is 1. The van der Waals surface area contributed by atoms with E-state index in [9.17, 15) is 0 Å². The Morgan fingerprint density at radius 1 is 1.12 bits per heavy atom. The van der Waals surface area contributed by atoms with Crippen molar-refractivity contribution in [2.24, 2.45) is 0 Å². The number of aromatic nitrogens is 3. The van der Waals surface area contributed by atoms with Crippen LogP contribution in [0.2, 0.25) is 0 Å². The van der Waals surface area contributed by atoms with Gasteiger partial charge >= 0.3 is 0 Å². The maximum Gasteiger partial charge on any atom is 0.137 e. The predicted molar refractivity (Wildman–Crippen MR) is 67.6 cm³/mol. The van der Waals surface area contributed by atoms with E-state index in [1.54, 1.807) is 12.4 Å². The summed E-state index contributed by atoms with van der Waals surface area (Å²) in [6.45, 7) is 1.98. The summed E-state index contributed by atoms with van der Waals surface area (Å²) in [6.07, 6.45) is 5.45. The summed E-state index contributed by atoms with van der Waals surface area (Å²) < 4.78 is 1.98. The number of aryl methyl sites for hydroxylation is 1. The molecule has 0 amide bonds. The Bertz CT molecular complexity index is 685. The van der Waals surface area contributed by atoms with Crippen molar-refractivity contribution in [2.75, 3.05) is 5.73 Å². The highest BCUT2D eigenvalue weighted by Crippen LogP contribution is 2.26. The third-order valence-electron chi connectivity index (χ3n) is 2.88. The van der Waals surface area contributed by atoms with Gasteiger partial charge in [-0.1, -0.05) is 6.07 Å². The first kappa shape index (κ1) is 9.84. The average molecular weight is 224 g/mol. The van der Waals surface area contributed by atoms with E-state index in [0.717, 1.165) is 22.6 Å². The third-order valence-corrected chi connectivity index (χ3v) is 2.88. The lowest BCUT2D eigenvalue weighted by Crippen LogP contribution is -1.99. The van der Waals surface area contributed by atoms with Crippen LogP contribution >= 0.6 is 0 Å². The van der Waals surface area contributed by atoms with Gasteiger partial charge in [0.2, 0.25) is 0 Å². The van der Waals surface area contributed by atoms with E-state index < -0.39 is 0 Å². The van der Waals surface area contributed by atoms with E-state index in [0.29, 0.717) is 5.69 Å². The molecular formula is C13H12N4. The van der Waals surface area contributed by atoms with Crippen molar-refractivity contribution in [3.8, 4) is 11.4 Å². The summed E-state index contributed by atoms with van der Waals surface area (Å²) in [5.41, 5.74) is 10.5. The van der Waals surface area contributed by atoms with Crippen LogP contribution in [0.3, 0.4) is 0 Å². The first-order chi connectivity index (χ1) is 8.27. The Kier molecular flexibility index (Phi) is 2.08. The van der Waals surface area contributed by atoms with Crippen molar-refractivity contribution in [1.29, 1.82) is 0 Å². The minimum atomic E-state index is 0.716. The molecule has 0 aromatic carbocycles. The molecule has 0 atom stereocenters. The van der Waals surface area contributed by atoms with Crippen molar-refractivity contribution in [2.45, 2.75) is 6.92 Å². The van der Waals surface area contributed by atoms with Crippen LogP contribution in [0.1, 0.15) is 5.56 Å². The predicted octanol–water partition coefficient (Wildman–Crippen LogP) is 2.29. The fraction of sp³-hybridized carbons (Fsp3) is 0.0769. The fourth-order valence-corrected chi connectivity index (χ4v) is 1.91. The molecule has 4 heteroatoms. The van der Waals surface area contributed by atoms with Crippen LogP contribution in [0, 0.1) is 6.92 Å². The molecule has 0 unspecified atom stereocenters. The van der Waals surface area contributed by atoms with Gasteiger partial charge < -0.3 is 5.73 Å². The molecule has 0 spiro atoms. The molecule has 0 bridgehead atoms. The Morgan fingerprint density at radius 3 is 2.88 bits per heavy atom. The minimum Gasteiger partial charge on any atom is -0.397 e. The second-order valence-electron chi connectivity index (χ2n) is 3.96. The van der Waals surface area contributed by atoms with Crippen molar-refractivity contribution in [1.82, 2.24) is 14.4 Å². The van der Waals surface area contributed by atoms with Crippen molar-refractivity contribution < 1.29 is 0 Å². The van der Waals surface area contributed by atoms with Gasteiger partial charge in [0.25, 0.3) is 0 Å². The van der Waals surface area contributed by atoms with Crippen molar-refractivity contribution in [3.63, 3.8) is 0 Å². The minimum absolute atomic E-state index is 0.716. The molecule has 0 saturated carbocycles. The molecule has 0 fully saturated rings. The lowest BCUT2D eigenvalue weighted by molar-refractivity contribution is 1.16. The quantitative estimate of drug-likeness (QED) is 0.690. The van der Waals surface area contributed by atoms with Crippen LogP contribution in [-0.4, -0.2) is 14.4 Å². The molecule has 0 aliphatic heterocycles. The van der Waals surface area contributed by atoms with Gasteiger partial charge in [-0.15, -0.1) is 0 Å². The standard InChI is InChI=1S/C13H12N4/c1-9-5-6-16-13(12(9)14)10-3-2-4-11-15-7-8-17(10)11/h2-8H,14H2,1H3. The molecule has 0 aliphatic rings. The number of anilines is 1. The number of hydrogen-bond donors (Lipinski definition) is 1. The molecule has 0 radical (unpaired) electrons. The number of pyridine rings is 2. The third kappa shape index (κ3) is 1.45. The summed E-state index contributed by atoms with van der Waals surface area (Å²) in [5, 5.41) is 0. The number of rotatable bonds is 1. The van der Waals surface area contributed by atoms with Gasteiger partial charge in [-0.3, -0.25) is 9.38 Å². The van der Waals surface area contributed by atoms with Crippen molar-refractivity contribution >= 4 is 11.3 Å². The Morgan fingerprint density at radius 2 is 2.00 bits per heavy atom. The monoisotopic (exact) mass is 224 g/mol. The summed E-state index contributed by atoms with van der Waals surface area (Å²) in [7, 11) is 0. The van der Waals surface area contributed by atoms with E-state index in [2.05, 4.69) is 9.97 Å². The molecule has 0 aliphatic carbocycles. The zero-order chi connectivity index (χ0) is 11.8. The van der Waals surface area contributed by atoms with Crippen molar-refractivity contribution in [3.05, 3.63) is 48.4 Å². The van der Waals surface area contributed by atoms with Gasteiger partial charge in [0.15, 0.2) is 0 Å². The Labute approximate surface area is 98.8 Å². The topological polar surface area (TPSA) is 56.2 Å². The molecule has 3 rings (SSSR count). The van der Waals surface area contributed by atoms with Gasteiger partial charge in [-0.25, -0.2) is 4.98 Å². The molecule has 84 valence electrons. The number of fused-ring (bicyclic) bond motifs is 1. The second kappa shape index (κ2) is 3.59. The zero-order valence-electron chi connectivity index (χ0n) is 9.46. The highest BCUT2D eigenvalue weighted by Gasteiger charge is 2.09. The van der Waals surface area contributed by atoms with E-state index in [4.69, 9.17) is 5.73 Å². The molecule has 3 heterocycles. The Hall–Kier alpha value is -2.36. The normalized spacial score (nSPS) is 10.9. The van der Waals surface area contributed by atoms with E-state index in [1.165, 1.54) is 0 Å². The summed E-state index contributed by atoms with van der Waals surface area (Å²) in [4.78, 5) is 8.62. The molecule has 3 aromatic rings. The van der Waals surface area contributed by atoms with E-state index in [-0.39, 0.29) is 0 Å². The SMILES string of the molecule is Cc1ccnc(-c2cccc3nccn23)c1N. The number of nitrogens with two attached hydrogens (primary N) is 1. The maximum atomic E-state index is 6.08. The highest BCUT2D eigenvalue weighted by atomic mass is 15.0. The lowest BCUT2D eigenvalue weighted by atomic mass is 10.1. The molecule has 2 N–H and O–H groups in total. The number of hydrogen-bond acceptors (Lipinski definition) is 3. The molecular weight excluding hydrogens is 212 g/mol. The summed E-state index contributed by atoms with van der Waals surface area (Å²) in [5.74, 6) is 0. The van der Waals surface area contributed by atoms with Crippen LogP contribution in [0.25, 0.3) is 17.0 Å². The van der Waals surface area contributed by atoms with Gasteiger partial charge in [-0.2, -0.15) is 0 Å². The molecule has 17 heavy (non-hydrogen) atoms. The average Bonchev–Trinajstić information content (AvgIpc) is 2.81. The number of imidazole rings is 1. The molecule has 4 nitrogen and oxygen atoms in total. The maximum absolute atomic E-state index is 6.08. The first-order valence-electron chi connectivity index (χ1n) is 5.41. The Balaban J connectivity index is 2.34. The summed E-state index contributed by atoms with van der Waals surface area (Å²) >= 11 is 0.